The van der Waals surface area contributed by atoms with Crippen LogP contribution in [0.3, 0.4) is 0 Å². The van der Waals surface area contributed by atoms with Gasteiger partial charge in [-0.3, -0.25) is 4.79 Å². The van der Waals surface area contributed by atoms with Crippen LogP contribution in [0, 0.1) is 29.6 Å². The Labute approximate surface area is 181 Å². The highest BCUT2D eigenvalue weighted by Gasteiger charge is 2.34. The van der Waals surface area contributed by atoms with Crippen molar-refractivity contribution in [3.8, 4) is 0 Å². The van der Waals surface area contributed by atoms with Crippen molar-refractivity contribution in [2.24, 2.45) is 29.6 Å². The van der Waals surface area contributed by atoms with Crippen LogP contribution in [0.15, 0.2) is 12.7 Å². The van der Waals surface area contributed by atoms with E-state index in [1.165, 1.54) is 57.4 Å². The van der Waals surface area contributed by atoms with Crippen molar-refractivity contribution < 1.29 is 4.79 Å². The summed E-state index contributed by atoms with van der Waals surface area (Å²) in [5.74, 6) is 5.44. The summed E-state index contributed by atoms with van der Waals surface area (Å²) in [5, 5.41) is 3.50. The monoisotopic (exact) mass is 403 g/mol. The van der Waals surface area contributed by atoms with E-state index in [0.29, 0.717) is 6.29 Å². The van der Waals surface area contributed by atoms with Gasteiger partial charge in [-0.25, -0.2) is 0 Å². The van der Waals surface area contributed by atoms with Gasteiger partial charge < -0.3 is 5.32 Å². The Bertz CT molecular complexity index is 418. The van der Waals surface area contributed by atoms with Crippen LogP contribution in [-0.4, -0.2) is 19.4 Å². The molecule has 0 bridgehead atoms. The van der Waals surface area contributed by atoms with Gasteiger partial charge in [-0.2, -0.15) is 0 Å². The Kier molecular flexibility index (Phi) is 12.2. The number of hydrogen-bond donors (Lipinski definition) is 1. The summed E-state index contributed by atoms with van der Waals surface area (Å²) < 4.78 is 0. The zero-order valence-electron chi connectivity index (χ0n) is 19.5. The van der Waals surface area contributed by atoms with Crippen LogP contribution >= 0.6 is 0 Å². The topological polar surface area (TPSA) is 29.1 Å². The predicted molar refractivity (Wildman–Crippen MR) is 126 cm³/mol. The molecule has 0 spiro atoms. The number of allylic oxidation sites excluding steroid dienone is 1. The van der Waals surface area contributed by atoms with E-state index in [-0.39, 0.29) is 0 Å². The van der Waals surface area contributed by atoms with Gasteiger partial charge in [0.1, 0.15) is 6.29 Å². The molecule has 0 aromatic carbocycles. The maximum absolute atomic E-state index is 9.06. The maximum atomic E-state index is 9.06. The summed E-state index contributed by atoms with van der Waals surface area (Å²) in [6.07, 6.45) is 26.1. The molecule has 29 heavy (non-hydrogen) atoms. The molecule has 0 saturated heterocycles. The Balaban J connectivity index is 0.000000687. The minimum absolute atomic E-state index is 0.639. The lowest BCUT2D eigenvalue weighted by molar-refractivity contribution is -0.104. The van der Waals surface area contributed by atoms with Crippen molar-refractivity contribution in [1.29, 1.82) is 0 Å². The van der Waals surface area contributed by atoms with Crippen LogP contribution < -0.4 is 5.32 Å². The molecule has 1 N–H and O–H groups in total. The maximum Gasteiger partial charge on any atom is 0.142 e. The quantitative estimate of drug-likeness (QED) is 0.261. The fourth-order valence-corrected chi connectivity index (χ4v) is 6.60. The van der Waals surface area contributed by atoms with Gasteiger partial charge >= 0.3 is 0 Å². The summed E-state index contributed by atoms with van der Waals surface area (Å²) in [5.41, 5.74) is 0. The largest absolute Gasteiger partial charge is 0.317 e. The lowest BCUT2D eigenvalue weighted by Crippen LogP contribution is -2.34. The van der Waals surface area contributed by atoms with Gasteiger partial charge in [0.2, 0.25) is 0 Å². The molecule has 3 fully saturated rings. The Morgan fingerprint density at radius 3 is 1.55 bits per heavy atom. The molecular weight excluding hydrogens is 354 g/mol. The average molecular weight is 404 g/mol. The van der Waals surface area contributed by atoms with Crippen molar-refractivity contribution in [3.63, 3.8) is 0 Å². The van der Waals surface area contributed by atoms with Gasteiger partial charge in [0, 0.05) is 6.04 Å². The SMILES string of the molecule is C=CC=O.CCCCCC1CCC(C2CCC(C3CCC(NC)CC3)CC2)CC1. The van der Waals surface area contributed by atoms with Crippen LogP contribution in [0.4, 0.5) is 0 Å². The fourth-order valence-electron chi connectivity index (χ4n) is 6.60. The number of carbonyl (C=O) groups excluding carboxylic acids is 1. The molecule has 0 heterocycles. The van der Waals surface area contributed by atoms with Crippen LogP contribution in [0.25, 0.3) is 0 Å². The second-order valence-electron chi connectivity index (χ2n) is 10.2. The van der Waals surface area contributed by atoms with E-state index in [9.17, 15) is 0 Å². The van der Waals surface area contributed by atoms with Gasteiger partial charge in [0.25, 0.3) is 0 Å². The third-order valence-electron chi connectivity index (χ3n) is 8.53. The lowest BCUT2D eigenvalue weighted by Gasteiger charge is -2.41. The van der Waals surface area contributed by atoms with Crippen LogP contribution in [0.2, 0.25) is 0 Å². The molecule has 0 aromatic rings. The number of unbranched alkanes of at least 4 members (excludes halogenated alkanes) is 2. The molecule has 3 rings (SSSR count). The smallest absolute Gasteiger partial charge is 0.142 e. The molecule has 2 heteroatoms. The molecule has 3 aliphatic carbocycles. The molecule has 3 saturated carbocycles. The zero-order valence-corrected chi connectivity index (χ0v) is 19.5. The van der Waals surface area contributed by atoms with Gasteiger partial charge in [0.15, 0.2) is 0 Å². The molecule has 2 nitrogen and oxygen atoms in total. The van der Waals surface area contributed by atoms with Crippen LogP contribution in [0.1, 0.15) is 110 Å². The van der Waals surface area contributed by atoms with Gasteiger partial charge in [-0.1, -0.05) is 52.0 Å². The minimum Gasteiger partial charge on any atom is -0.317 e. The summed E-state index contributed by atoms with van der Waals surface area (Å²) >= 11 is 0. The van der Waals surface area contributed by atoms with E-state index >= 15 is 0 Å². The van der Waals surface area contributed by atoms with Gasteiger partial charge in [-0.15, -0.1) is 0 Å². The van der Waals surface area contributed by atoms with Crippen LogP contribution in [-0.2, 0) is 4.79 Å². The van der Waals surface area contributed by atoms with Crippen molar-refractivity contribution in [1.82, 2.24) is 5.32 Å². The first kappa shape index (κ1) is 24.6. The number of hydrogen-bond acceptors (Lipinski definition) is 2. The molecule has 0 unspecified atom stereocenters. The number of rotatable bonds is 8. The number of nitrogens with one attached hydrogen (secondary N) is 1. The Morgan fingerprint density at radius 1 is 0.759 bits per heavy atom. The van der Waals surface area contributed by atoms with Crippen molar-refractivity contribution in [2.45, 2.75) is 116 Å². The van der Waals surface area contributed by atoms with Gasteiger partial charge in [-0.05, 0) is 107 Å². The molecular formula is C27H49NO. The van der Waals surface area contributed by atoms with E-state index < -0.39 is 0 Å². The molecule has 0 atom stereocenters. The van der Waals surface area contributed by atoms with E-state index in [2.05, 4.69) is 25.9 Å². The second kappa shape index (κ2) is 14.4. The van der Waals surface area contributed by atoms with E-state index in [0.717, 1.165) is 35.6 Å². The molecule has 0 aromatic heterocycles. The number of aldehydes is 1. The normalized spacial score (nSPS) is 35.2. The highest BCUT2D eigenvalue weighted by molar-refractivity contribution is 5.63. The standard InChI is InChI=1S/C24H45N.C3H4O/c1-3-4-5-6-19-7-9-20(10-8-19)21-11-13-22(14-12-21)23-15-17-24(25-2)18-16-23;1-2-3-4/h19-25H,3-18H2,1-2H3;2-3H,1H2. The number of carbonyl (C=O) groups is 1. The second-order valence-corrected chi connectivity index (χ2v) is 10.2. The van der Waals surface area contributed by atoms with Crippen molar-refractivity contribution in [3.05, 3.63) is 12.7 Å². The first-order valence-corrected chi connectivity index (χ1v) is 12.9. The summed E-state index contributed by atoms with van der Waals surface area (Å²) in [6.45, 7) is 5.44. The minimum atomic E-state index is 0.639. The highest BCUT2D eigenvalue weighted by Crippen LogP contribution is 2.45. The third kappa shape index (κ3) is 8.56. The highest BCUT2D eigenvalue weighted by atomic mass is 16.1. The van der Waals surface area contributed by atoms with E-state index in [1.807, 2.05) is 0 Å². The fraction of sp³-hybridized carbons (Fsp3) is 0.889. The molecule has 3 aliphatic rings. The molecule has 168 valence electrons. The first-order valence-electron chi connectivity index (χ1n) is 12.9. The zero-order chi connectivity index (χ0) is 20.9. The first-order chi connectivity index (χ1) is 14.2. The summed E-state index contributed by atoms with van der Waals surface area (Å²) in [7, 11) is 2.15. The van der Waals surface area contributed by atoms with Crippen molar-refractivity contribution in [2.75, 3.05) is 7.05 Å². The third-order valence-corrected chi connectivity index (χ3v) is 8.53. The van der Waals surface area contributed by atoms with Crippen LogP contribution in [0.5, 0.6) is 0 Å². The van der Waals surface area contributed by atoms with Crippen molar-refractivity contribution >= 4 is 6.29 Å². The Morgan fingerprint density at radius 2 is 1.17 bits per heavy atom. The predicted octanol–water partition coefficient (Wildman–Crippen LogP) is 7.33. The molecule has 0 aliphatic heterocycles. The lowest BCUT2D eigenvalue weighted by atomic mass is 9.65. The summed E-state index contributed by atoms with van der Waals surface area (Å²) in [4.78, 5) is 9.06. The summed E-state index contributed by atoms with van der Waals surface area (Å²) in [6, 6.07) is 0.820. The molecule has 0 amide bonds. The Hall–Kier alpha value is -0.630. The van der Waals surface area contributed by atoms with E-state index in [4.69, 9.17) is 4.79 Å². The average Bonchev–Trinajstić information content (AvgIpc) is 2.80. The van der Waals surface area contributed by atoms with Gasteiger partial charge in [0.05, 0.1) is 0 Å². The van der Waals surface area contributed by atoms with E-state index in [1.54, 1.807) is 51.4 Å². The molecule has 0 radical (unpaired) electrons.